The number of imidazole rings is 1. The Morgan fingerprint density at radius 1 is 0.708 bits per heavy atom. The van der Waals surface area contributed by atoms with Crippen LogP contribution < -0.4 is 4.57 Å². The van der Waals surface area contributed by atoms with E-state index in [2.05, 4.69) is 42.3 Å². The van der Waals surface area contributed by atoms with Crippen LogP contribution in [0.1, 0.15) is 110 Å². The number of nitrogens with zero attached hydrogens (tertiary/aromatic N) is 2. The number of unbranched alkanes of at least 4 members (excludes halogenated alkanes) is 11. The second-order valence-corrected chi connectivity index (χ2v) is 7.33. The first-order valence-corrected chi connectivity index (χ1v) is 10.9. The molecule has 0 aromatic carbocycles. The van der Waals surface area contributed by atoms with Gasteiger partial charge in [-0.3, -0.25) is 0 Å². The average Bonchev–Trinajstić information content (AvgIpc) is 2.99. The zero-order valence-corrected chi connectivity index (χ0v) is 16.9. The summed E-state index contributed by atoms with van der Waals surface area (Å²) in [5, 5.41) is 0. The highest BCUT2D eigenvalue weighted by Crippen LogP contribution is 2.11. The van der Waals surface area contributed by atoms with Crippen molar-refractivity contribution in [3.63, 3.8) is 0 Å². The molecule has 0 atom stereocenters. The number of aryl methyl sites for hydroxylation is 2. The molecule has 24 heavy (non-hydrogen) atoms. The molecule has 0 amide bonds. The minimum absolute atomic E-state index is 1.10. The maximum Gasteiger partial charge on any atom is 0.256 e. The van der Waals surface area contributed by atoms with E-state index in [-0.39, 0.29) is 0 Å². The van der Waals surface area contributed by atoms with Crippen LogP contribution in [0.3, 0.4) is 0 Å². The molecule has 2 heteroatoms. The van der Waals surface area contributed by atoms with Gasteiger partial charge >= 0.3 is 0 Å². The zero-order chi connectivity index (χ0) is 17.5. The number of hydrogen-bond acceptors (Lipinski definition) is 0. The molecule has 0 saturated heterocycles. The molecule has 0 aliphatic heterocycles. The first-order chi connectivity index (χ1) is 11.8. The van der Waals surface area contributed by atoms with E-state index in [1.165, 1.54) is 102 Å². The monoisotopic (exact) mass is 335 g/mol. The van der Waals surface area contributed by atoms with Crippen molar-refractivity contribution in [3.8, 4) is 0 Å². The summed E-state index contributed by atoms with van der Waals surface area (Å²) in [6, 6.07) is 0. The average molecular weight is 336 g/mol. The lowest BCUT2D eigenvalue weighted by molar-refractivity contribution is -0.704. The number of rotatable bonds is 16. The zero-order valence-electron chi connectivity index (χ0n) is 16.9. The number of hydrogen-bond donors (Lipinski definition) is 0. The third-order valence-electron chi connectivity index (χ3n) is 5.19. The summed E-state index contributed by atoms with van der Waals surface area (Å²) in [7, 11) is 0. The topological polar surface area (TPSA) is 8.81 Å². The molecule has 0 bridgehead atoms. The molecule has 1 aromatic rings. The van der Waals surface area contributed by atoms with Crippen molar-refractivity contribution in [2.45, 2.75) is 124 Å². The van der Waals surface area contributed by atoms with E-state index in [0.717, 1.165) is 6.54 Å². The Bertz CT molecular complexity index is 395. The van der Waals surface area contributed by atoms with Crippen molar-refractivity contribution < 1.29 is 4.57 Å². The van der Waals surface area contributed by atoms with E-state index in [0.29, 0.717) is 0 Å². The van der Waals surface area contributed by atoms with Gasteiger partial charge in [-0.15, -0.1) is 0 Å². The van der Waals surface area contributed by atoms with E-state index in [4.69, 9.17) is 0 Å². The van der Waals surface area contributed by atoms with Crippen molar-refractivity contribution in [3.05, 3.63) is 18.2 Å². The molecule has 1 rings (SSSR count). The highest BCUT2D eigenvalue weighted by Gasteiger charge is 2.14. The van der Waals surface area contributed by atoms with E-state index in [9.17, 15) is 0 Å². The lowest BCUT2D eigenvalue weighted by Gasteiger charge is -2.05. The first-order valence-electron chi connectivity index (χ1n) is 10.9. The summed E-state index contributed by atoms with van der Waals surface area (Å²) in [6.07, 6.45) is 24.1. The van der Waals surface area contributed by atoms with Crippen LogP contribution in [0, 0.1) is 0 Å². The normalized spacial score (nSPS) is 11.3. The summed E-state index contributed by atoms with van der Waals surface area (Å²) in [4.78, 5) is 0. The van der Waals surface area contributed by atoms with Crippen LogP contribution in [0.25, 0.3) is 0 Å². The summed E-state index contributed by atoms with van der Waals surface area (Å²) in [5.74, 6) is 1.53. The van der Waals surface area contributed by atoms with Gasteiger partial charge in [-0.2, -0.15) is 0 Å². The smallest absolute Gasteiger partial charge is 0.235 e. The van der Waals surface area contributed by atoms with Crippen molar-refractivity contribution in [2.75, 3.05) is 0 Å². The second-order valence-electron chi connectivity index (χ2n) is 7.33. The minimum atomic E-state index is 1.10. The second kappa shape index (κ2) is 14.5. The number of aromatic nitrogens is 2. The lowest BCUT2D eigenvalue weighted by atomic mass is 10.1. The van der Waals surface area contributed by atoms with Gasteiger partial charge in [0.05, 0.1) is 13.1 Å². The SMILES string of the molecule is CCCCCCCCCCCCC[n+]1ccn(CC)c1CCCC. The Balaban J connectivity index is 2.07. The molecule has 2 nitrogen and oxygen atoms in total. The Hall–Kier alpha value is -0.790. The molecule has 1 heterocycles. The van der Waals surface area contributed by atoms with Gasteiger partial charge in [-0.05, 0) is 26.2 Å². The largest absolute Gasteiger partial charge is 0.256 e. The van der Waals surface area contributed by atoms with E-state index >= 15 is 0 Å². The third-order valence-corrected chi connectivity index (χ3v) is 5.19. The van der Waals surface area contributed by atoms with E-state index in [1.54, 1.807) is 0 Å². The maximum atomic E-state index is 2.51. The Morgan fingerprint density at radius 3 is 1.79 bits per heavy atom. The third kappa shape index (κ3) is 8.89. The van der Waals surface area contributed by atoms with Crippen LogP contribution >= 0.6 is 0 Å². The van der Waals surface area contributed by atoms with Gasteiger partial charge in [-0.1, -0.05) is 78.1 Å². The van der Waals surface area contributed by atoms with Crippen molar-refractivity contribution in [1.29, 1.82) is 0 Å². The fraction of sp³-hybridized carbons (Fsp3) is 0.864. The molecule has 1 aromatic heterocycles. The molecule has 0 aliphatic carbocycles. The molecule has 0 saturated carbocycles. The van der Waals surface area contributed by atoms with Crippen LogP contribution in [0.5, 0.6) is 0 Å². The molecular weight excluding hydrogens is 292 g/mol. The fourth-order valence-electron chi connectivity index (χ4n) is 3.56. The Kier molecular flexibility index (Phi) is 12.9. The summed E-state index contributed by atoms with van der Waals surface area (Å²) in [6.45, 7) is 9.14. The molecule has 0 radical (unpaired) electrons. The fourth-order valence-corrected chi connectivity index (χ4v) is 3.56. The Labute approximate surface area is 151 Å². The summed E-state index contributed by atoms with van der Waals surface area (Å²) >= 11 is 0. The van der Waals surface area contributed by atoms with Crippen molar-refractivity contribution >= 4 is 0 Å². The minimum Gasteiger partial charge on any atom is -0.235 e. The van der Waals surface area contributed by atoms with Crippen LogP contribution in [0.2, 0.25) is 0 Å². The lowest BCUT2D eigenvalue weighted by Crippen LogP contribution is -2.37. The predicted octanol–water partition coefficient (Wildman–Crippen LogP) is 6.45. The Morgan fingerprint density at radius 2 is 1.25 bits per heavy atom. The standard InChI is InChI=1S/C22H43N2/c1-4-7-9-10-11-12-13-14-15-16-17-19-24-21-20-23(6-3)22(24)18-8-5-2/h20-21H,4-19H2,1-3H3/q+1. The van der Waals surface area contributed by atoms with Crippen LogP contribution in [0.15, 0.2) is 12.4 Å². The van der Waals surface area contributed by atoms with Crippen LogP contribution in [-0.2, 0) is 19.5 Å². The van der Waals surface area contributed by atoms with Gasteiger partial charge in [0.2, 0.25) is 0 Å². The van der Waals surface area contributed by atoms with Gasteiger partial charge in [0.1, 0.15) is 12.4 Å². The van der Waals surface area contributed by atoms with Crippen molar-refractivity contribution in [2.24, 2.45) is 0 Å². The predicted molar refractivity (Wildman–Crippen MR) is 105 cm³/mol. The maximum absolute atomic E-state index is 2.51. The molecular formula is C22H43N2+. The quantitative estimate of drug-likeness (QED) is 0.242. The van der Waals surface area contributed by atoms with E-state index in [1.807, 2.05) is 0 Å². The highest BCUT2D eigenvalue weighted by atomic mass is 15.1. The van der Waals surface area contributed by atoms with Gasteiger partial charge in [0, 0.05) is 6.42 Å². The summed E-state index contributed by atoms with van der Waals surface area (Å²) in [5.41, 5.74) is 0. The van der Waals surface area contributed by atoms with Gasteiger partial charge in [0.25, 0.3) is 5.82 Å². The molecule has 0 aliphatic rings. The molecule has 140 valence electrons. The highest BCUT2D eigenvalue weighted by molar-refractivity contribution is 4.83. The summed E-state index contributed by atoms with van der Waals surface area (Å²) < 4.78 is 4.93. The first kappa shape index (κ1) is 21.3. The molecule has 0 spiro atoms. The van der Waals surface area contributed by atoms with Crippen LogP contribution in [-0.4, -0.2) is 4.57 Å². The van der Waals surface area contributed by atoms with Gasteiger partial charge in [-0.25, -0.2) is 9.13 Å². The van der Waals surface area contributed by atoms with Gasteiger partial charge < -0.3 is 0 Å². The van der Waals surface area contributed by atoms with Gasteiger partial charge in [0.15, 0.2) is 0 Å². The van der Waals surface area contributed by atoms with Crippen LogP contribution in [0.4, 0.5) is 0 Å². The molecule has 0 N–H and O–H groups in total. The van der Waals surface area contributed by atoms with E-state index < -0.39 is 0 Å². The van der Waals surface area contributed by atoms with Crippen molar-refractivity contribution in [1.82, 2.24) is 4.57 Å². The molecule has 0 unspecified atom stereocenters. The molecule has 0 fully saturated rings.